The molecule has 0 spiro atoms. The topological polar surface area (TPSA) is 49.8 Å². The molecule has 0 saturated heterocycles. The Labute approximate surface area is 181 Å². The van der Waals surface area contributed by atoms with E-state index in [4.69, 9.17) is 4.74 Å². The van der Waals surface area contributed by atoms with Crippen LogP contribution in [0.5, 0.6) is 5.75 Å². The van der Waals surface area contributed by atoms with Gasteiger partial charge in [0.25, 0.3) is 5.91 Å². The van der Waals surface area contributed by atoms with E-state index in [1.807, 2.05) is 55.5 Å². The van der Waals surface area contributed by atoms with Crippen LogP contribution in [-0.4, -0.2) is 34.7 Å². The molecule has 1 amide bonds. The van der Waals surface area contributed by atoms with Crippen molar-refractivity contribution >= 4 is 5.91 Å². The largest absolute Gasteiger partial charge is 0.487 e. The molecule has 1 heterocycles. The summed E-state index contributed by atoms with van der Waals surface area (Å²) in [5.74, 6) is 0.357. The van der Waals surface area contributed by atoms with Gasteiger partial charge < -0.3 is 14.7 Å². The van der Waals surface area contributed by atoms with E-state index < -0.39 is 5.60 Å². The summed E-state index contributed by atoms with van der Waals surface area (Å²) in [6.45, 7) is 2.55. The molecule has 0 aromatic heterocycles. The number of nitrogens with zero attached hydrogens (tertiary/aromatic N) is 1. The molecule has 1 N–H and O–H groups in total. The molecule has 0 unspecified atom stereocenters. The van der Waals surface area contributed by atoms with Gasteiger partial charge in [-0.3, -0.25) is 4.79 Å². The fourth-order valence-corrected chi connectivity index (χ4v) is 4.16. The SMILES string of the molecule is C[C@@]1(Cc2ccccc2F)Cc2cc(C(=O)N(CCO)Cc3ccccc3)ccc2O1. The van der Waals surface area contributed by atoms with E-state index in [9.17, 15) is 14.3 Å². The summed E-state index contributed by atoms with van der Waals surface area (Å²) in [5.41, 5.74) is 2.55. The maximum absolute atomic E-state index is 14.1. The zero-order chi connectivity index (χ0) is 21.8. The third-order valence-corrected chi connectivity index (χ3v) is 5.62. The van der Waals surface area contributed by atoms with Crippen LogP contribution in [0.4, 0.5) is 4.39 Å². The van der Waals surface area contributed by atoms with Crippen molar-refractivity contribution in [3.8, 4) is 5.75 Å². The molecule has 4 nitrogen and oxygen atoms in total. The minimum Gasteiger partial charge on any atom is -0.487 e. The zero-order valence-electron chi connectivity index (χ0n) is 17.6. The molecule has 0 aliphatic carbocycles. The first-order chi connectivity index (χ1) is 15.0. The Balaban J connectivity index is 1.52. The molecule has 0 saturated carbocycles. The lowest BCUT2D eigenvalue weighted by molar-refractivity contribution is 0.0707. The smallest absolute Gasteiger partial charge is 0.254 e. The number of carbonyl (C=O) groups excluding carboxylic acids is 1. The fourth-order valence-electron chi connectivity index (χ4n) is 4.16. The van der Waals surface area contributed by atoms with E-state index in [-0.39, 0.29) is 24.9 Å². The molecule has 4 rings (SSSR count). The summed E-state index contributed by atoms with van der Waals surface area (Å²) < 4.78 is 20.3. The fraction of sp³-hybridized carbons (Fsp3) is 0.269. The van der Waals surface area contributed by atoms with E-state index in [0.717, 1.165) is 16.9 Å². The minimum atomic E-state index is -0.568. The van der Waals surface area contributed by atoms with Crippen molar-refractivity contribution in [1.82, 2.24) is 4.90 Å². The number of aliphatic hydroxyl groups is 1. The number of aliphatic hydroxyl groups excluding tert-OH is 1. The van der Waals surface area contributed by atoms with Crippen LogP contribution in [0, 0.1) is 5.82 Å². The van der Waals surface area contributed by atoms with Gasteiger partial charge in [0.1, 0.15) is 17.2 Å². The van der Waals surface area contributed by atoms with Crippen molar-refractivity contribution in [1.29, 1.82) is 0 Å². The van der Waals surface area contributed by atoms with Crippen LogP contribution in [0.2, 0.25) is 0 Å². The predicted molar refractivity (Wildman–Crippen MR) is 118 cm³/mol. The maximum Gasteiger partial charge on any atom is 0.254 e. The molecule has 5 heteroatoms. The van der Waals surface area contributed by atoms with E-state index in [1.54, 1.807) is 23.1 Å². The van der Waals surface area contributed by atoms with Gasteiger partial charge in [0, 0.05) is 31.5 Å². The van der Waals surface area contributed by atoms with Gasteiger partial charge in [-0.1, -0.05) is 48.5 Å². The van der Waals surface area contributed by atoms with Gasteiger partial charge >= 0.3 is 0 Å². The third kappa shape index (κ3) is 4.78. The van der Waals surface area contributed by atoms with Crippen LogP contribution in [0.1, 0.15) is 34.0 Å². The Hall–Kier alpha value is -3.18. The first-order valence-electron chi connectivity index (χ1n) is 10.5. The molecule has 0 fully saturated rings. The first kappa shape index (κ1) is 21.1. The summed E-state index contributed by atoms with van der Waals surface area (Å²) in [6, 6.07) is 21.9. The van der Waals surface area contributed by atoms with E-state index in [2.05, 4.69) is 0 Å². The molecule has 1 aliphatic heterocycles. The lowest BCUT2D eigenvalue weighted by Gasteiger charge is -2.24. The lowest BCUT2D eigenvalue weighted by Crippen LogP contribution is -2.33. The Bertz CT molecular complexity index is 1070. The van der Waals surface area contributed by atoms with Gasteiger partial charge in [0.2, 0.25) is 0 Å². The Morgan fingerprint density at radius 3 is 2.58 bits per heavy atom. The highest BCUT2D eigenvalue weighted by atomic mass is 19.1. The summed E-state index contributed by atoms with van der Waals surface area (Å²) >= 11 is 0. The van der Waals surface area contributed by atoms with Crippen LogP contribution in [0.15, 0.2) is 72.8 Å². The number of ether oxygens (including phenoxy) is 1. The molecule has 0 radical (unpaired) electrons. The first-order valence-corrected chi connectivity index (χ1v) is 10.5. The Kier molecular flexibility index (Phi) is 6.05. The molecule has 1 aliphatic rings. The maximum atomic E-state index is 14.1. The molecule has 1 atom stereocenters. The number of rotatable bonds is 7. The highest BCUT2D eigenvalue weighted by Gasteiger charge is 2.36. The van der Waals surface area contributed by atoms with Crippen molar-refractivity contribution in [2.45, 2.75) is 31.9 Å². The van der Waals surface area contributed by atoms with Gasteiger partial charge in [0.05, 0.1) is 6.61 Å². The second-order valence-electron chi connectivity index (χ2n) is 8.26. The highest BCUT2D eigenvalue weighted by Crippen LogP contribution is 2.38. The number of halogens is 1. The Morgan fingerprint density at radius 1 is 1.10 bits per heavy atom. The zero-order valence-corrected chi connectivity index (χ0v) is 17.6. The number of amides is 1. The summed E-state index contributed by atoms with van der Waals surface area (Å²) in [4.78, 5) is 14.8. The molecule has 3 aromatic carbocycles. The van der Waals surface area contributed by atoms with E-state index >= 15 is 0 Å². The standard InChI is InChI=1S/C26H26FNO3/c1-26(16-21-9-5-6-10-23(21)27)17-22-15-20(11-12-24(22)31-26)25(30)28(13-14-29)18-19-7-3-2-4-8-19/h2-12,15,29H,13-14,16-18H2,1H3/t26-/m1/s1. The average Bonchev–Trinajstić information content (AvgIpc) is 3.10. The van der Waals surface area contributed by atoms with Gasteiger partial charge in [-0.15, -0.1) is 0 Å². The molecule has 3 aromatic rings. The van der Waals surface area contributed by atoms with E-state index in [1.165, 1.54) is 6.07 Å². The number of benzene rings is 3. The van der Waals surface area contributed by atoms with Crippen molar-refractivity contribution in [3.05, 3.63) is 101 Å². The lowest BCUT2D eigenvalue weighted by atomic mass is 9.91. The van der Waals surface area contributed by atoms with E-state index in [0.29, 0.717) is 30.5 Å². The Morgan fingerprint density at radius 2 is 1.84 bits per heavy atom. The second-order valence-corrected chi connectivity index (χ2v) is 8.26. The van der Waals surface area contributed by atoms with Gasteiger partial charge in [-0.25, -0.2) is 4.39 Å². The monoisotopic (exact) mass is 419 g/mol. The van der Waals surface area contributed by atoms with Gasteiger partial charge in [-0.2, -0.15) is 0 Å². The van der Waals surface area contributed by atoms with Crippen LogP contribution >= 0.6 is 0 Å². The molecular weight excluding hydrogens is 393 g/mol. The van der Waals surface area contributed by atoms with Crippen LogP contribution in [0.25, 0.3) is 0 Å². The predicted octanol–water partition coefficient (Wildman–Crippen LogP) is 4.40. The summed E-state index contributed by atoms with van der Waals surface area (Å²) in [6.07, 6.45) is 1.04. The summed E-state index contributed by atoms with van der Waals surface area (Å²) in [5, 5.41) is 9.45. The van der Waals surface area contributed by atoms with Crippen molar-refractivity contribution < 1.29 is 19.0 Å². The number of fused-ring (bicyclic) bond motifs is 1. The van der Waals surface area contributed by atoms with Crippen molar-refractivity contribution in [2.75, 3.05) is 13.2 Å². The highest BCUT2D eigenvalue weighted by molar-refractivity contribution is 5.94. The minimum absolute atomic E-state index is 0.104. The average molecular weight is 419 g/mol. The van der Waals surface area contributed by atoms with Crippen molar-refractivity contribution in [2.24, 2.45) is 0 Å². The number of carbonyl (C=O) groups is 1. The van der Waals surface area contributed by atoms with Crippen molar-refractivity contribution in [3.63, 3.8) is 0 Å². The third-order valence-electron chi connectivity index (χ3n) is 5.62. The molecular formula is C26H26FNO3. The van der Waals surface area contributed by atoms with Gasteiger partial charge in [-0.05, 0) is 47.9 Å². The summed E-state index contributed by atoms with van der Waals surface area (Å²) in [7, 11) is 0. The number of hydrogen-bond donors (Lipinski definition) is 1. The molecule has 31 heavy (non-hydrogen) atoms. The van der Waals surface area contributed by atoms with Crippen LogP contribution in [-0.2, 0) is 19.4 Å². The second kappa shape index (κ2) is 8.90. The van der Waals surface area contributed by atoms with Crippen LogP contribution in [0.3, 0.4) is 0 Å². The molecule has 0 bridgehead atoms. The van der Waals surface area contributed by atoms with Crippen LogP contribution < -0.4 is 4.74 Å². The molecule has 160 valence electrons. The number of hydrogen-bond acceptors (Lipinski definition) is 3. The quantitative estimate of drug-likeness (QED) is 0.618. The van der Waals surface area contributed by atoms with Gasteiger partial charge in [0.15, 0.2) is 0 Å². The normalized spacial score (nSPS) is 17.1.